The molecule has 0 radical (unpaired) electrons. The van der Waals surface area contributed by atoms with Crippen molar-refractivity contribution in [2.45, 2.75) is 33.1 Å². The van der Waals surface area contributed by atoms with Crippen LogP contribution in [-0.4, -0.2) is 9.97 Å². The highest BCUT2D eigenvalue weighted by Gasteiger charge is 2.20. The van der Waals surface area contributed by atoms with Crippen LogP contribution < -0.4 is 0 Å². The number of hydrogen-bond acceptors (Lipinski definition) is 3. The summed E-state index contributed by atoms with van der Waals surface area (Å²) in [6.45, 7) is 7.90. The first-order chi connectivity index (χ1) is 5.95. The molecule has 3 nitrogen and oxygen atoms in total. The second-order valence-electron chi connectivity index (χ2n) is 4.07. The standard InChI is InChI=1S/C10H13N3/c1-7-6-12-9(10(2,3)4)8(5-11)13-7/h6H,1-4H3. The van der Waals surface area contributed by atoms with Crippen LogP contribution in [0.4, 0.5) is 0 Å². The van der Waals surface area contributed by atoms with Crippen molar-refractivity contribution in [1.29, 1.82) is 5.26 Å². The van der Waals surface area contributed by atoms with Gasteiger partial charge in [-0.1, -0.05) is 20.8 Å². The highest BCUT2D eigenvalue weighted by atomic mass is 14.8. The average molecular weight is 175 g/mol. The molecule has 1 heterocycles. The Bertz CT molecular complexity index is 355. The molecule has 0 saturated carbocycles. The van der Waals surface area contributed by atoms with Crippen LogP contribution in [0.5, 0.6) is 0 Å². The Hall–Kier alpha value is -1.43. The van der Waals surface area contributed by atoms with Crippen molar-refractivity contribution >= 4 is 0 Å². The molecule has 0 spiro atoms. The molecule has 0 atom stereocenters. The van der Waals surface area contributed by atoms with E-state index in [1.165, 1.54) is 0 Å². The molecule has 0 aromatic carbocycles. The molecule has 0 N–H and O–H groups in total. The summed E-state index contributed by atoms with van der Waals surface area (Å²) < 4.78 is 0. The molecule has 1 aromatic rings. The van der Waals surface area contributed by atoms with E-state index in [0.29, 0.717) is 5.69 Å². The second kappa shape index (κ2) is 3.14. The van der Waals surface area contributed by atoms with Gasteiger partial charge >= 0.3 is 0 Å². The lowest BCUT2D eigenvalue weighted by molar-refractivity contribution is 0.562. The van der Waals surface area contributed by atoms with Gasteiger partial charge in [0.2, 0.25) is 0 Å². The first-order valence-corrected chi connectivity index (χ1v) is 4.19. The summed E-state index contributed by atoms with van der Waals surface area (Å²) in [4.78, 5) is 8.37. The maximum atomic E-state index is 8.85. The smallest absolute Gasteiger partial charge is 0.162 e. The lowest BCUT2D eigenvalue weighted by atomic mass is 9.90. The summed E-state index contributed by atoms with van der Waals surface area (Å²) in [6, 6.07) is 2.07. The van der Waals surface area contributed by atoms with Gasteiger partial charge in [-0.2, -0.15) is 5.26 Å². The van der Waals surface area contributed by atoms with Crippen LogP contribution in [0.2, 0.25) is 0 Å². The Kier molecular flexibility index (Phi) is 2.33. The molecule has 13 heavy (non-hydrogen) atoms. The van der Waals surface area contributed by atoms with Crippen LogP contribution in [0.1, 0.15) is 37.9 Å². The Balaban J connectivity index is 3.32. The zero-order valence-electron chi connectivity index (χ0n) is 8.42. The van der Waals surface area contributed by atoms with Gasteiger partial charge in [-0.15, -0.1) is 0 Å². The van der Waals surface area contributed by atoms with E-state index in [2.05, 4.69) is 16.0 Å². The molecule has 0 aliphatic carbocycles. The molecular weight excluding hydrogens is 162 g/mol. The zero-order valence-corrected chi connectivity index (χ0v) is 8.42. The van der Waals surface area contributed by atoms with E-state index in [-0.39, 0.29) is 5.41 Å². The lowest BCUT2D eigenvalue weighted by Gasteiger charge is -2.18. The van der Waals surface area contributed by atoms with Crippen molar-refractivity contribution in [3.05, 3.63) is 23.3 Å². The Morgan fingerprint density at radius 2 is 2.00 bits per heavy atom. The molecule has 1 aromatic heterocycles. The van der Waals surface area contributed by atoms with E-state index in [4.69, 9.17) is 5.26 Å². The number of nitriles is 1. The topological polar surface area (TPSA) is 49.6 Å². The quantitative estimate of drug-likeness (QED) is 0.605. The van der Waals surface area contributed by atoms with Gasteiger partial charge < -0.3 is 0 Å². The number of rotatable bonds is 0. The number of aromatic nitrogens is 2. The van der Waals surface area contributed by atoms with Crippen molar-refractivity contribution in [2.24, 2.45) is 0 Å². The van der Waals surface area contributed by atoms with Crippen molar-refractivity contribution < 1.29 is 0 Å². The predicted octanol–water partition coefficient (Wildman–Crippen LogP) is 1.95. The summed E-state index contributed by atoms with van der Waals surface area (Å²) in [5.41, 5.74) is 1.86. The van der Waals surface area contributed by atoms with Gasteiger partial charge in [0.05, 0.1) is 11.4 Å². The van der Waals surface area contributed by atoms with Crippen LogP contribution in [-0.2, 0) is 5.41 Å². The minimum atomic E-state index is -0.119. The largest absolute Gasteiger partial charge is 0.256 e. The van der Waals surface area contributed by atoms with E-state index in [0.717, 1.165) is 11.4 Å². The van der Waals surface area contributed by atoms with Crippen molar-refractivity contribution in [3.63, 3.8) is 0 Å². The summed E-state index contributed by atoms with van der Waals surface area (Å²) >= 11 is 0. The predicted molar refractivity (Wildman–Crippen MR) is 50.2 cm³/mol. The van der Waals surface area contributed by atoms with Crippen molar-refractivity contribution in [2.75, 3.05) is 0 Å². The van der Waals surface area contributed by atoms with Gasteiger partial charge in [0.25, 0.3) is 0 Å². The number of nitrogens with zero attached hydrogens (tertiary/aromatic N) is 3. The highest BCUT2D eigenvalue weighted by molar-refractivity contribution is 5.31. The molecule has 68 valence electrons. The van der Waals surface area contributed by atoms with Crippen LogP contribution >= 0.6 is 0 Å². The van der Waals surface area contributed by atoms with Crippen LogP contribution in [0, 0.1) is 18.3 Å². The van der Waals surface area contributed by atoms with Gasteiger partial charge in [0.15, 0.2) is 5.69 Å². The maximum Gasteiger partial charge on any atom is 0.162 e. The first-order valence-electron chi connectivity index (χ1n) is 4.19. The number of aryl methyl sites for hydroxylation is 1. The second-order valence-corrected chi connectivity index (χ2v) is 4.07. The average Bonchev–Trinajstić information content (AvgIpc) is 2.01. The third-order valence-electron chi connectivity index (χ3n) is 1.71. The van der Waals surface area contributed by atoms with E-state index in [1.54, 1.807) is 6.20 Å². The normalized spacial score (nSPS) is 11.0. The van der Waals surface area contributed by atoms with Crippen LogP contribution in [0.3, 0.4) is 0 Å². The zero-order chi connectivity index (χ0) is 10.1. The van der Waals surface area contributed by atoms with Crippen LogP contribution in [0.25, 0.3) is 0 Å². The molecule has 3 heteroatoms. The van der Waals surface area contributed by atoms with Crippen molar-refractivity contribution in [3.8, 4) is 6.07 Å². The summed E-state index contributed by atoms with van der Waals surface area (Å²) in [5.74, 6) is 0. The maximum absolute atomic E-state index is 8.85. The number of hydrogen-bond donors (Lipinski definition) is 0. The Morgan fingerprint density at radius 3 is 2.46 bits per heavy atom. The molecule has 1 rings (SSSR count). The molecule has 0 amide bonds. The molecule has 0 aliphatic heterocycles. The Labute approximate surface area is 78.5 Å². The van der Waals surface area contributed by atoms with Gasteiger partial charge in [-0.3, -0.25) is 4.98 Å². The fourth-order valence-corrected chi connectivity index (χ4v) is 1.10. The summed E-state index contributed by atoms with van der Waals surface area (Å²) in [6.07, 6.45) is 1.70. The van der Waals surface area contributed by atoms with Crippen molar-refractivity contribution in [1.82, 2.24) is 9.97 Å². The Morgan fingerprint density at radius 1 is 1.38 bits per heavy atom. The van der Waals surface area contributed by atoms with Gasteiger partial charge in [0.1, 0.15) is 6.07 Å². The van der Waals surface area contributed by atoms with Gasteiger partial charge in [-0.05, 0) is 6.92 Å². The molecule has 0 fully saturated rings. The minimum Gasteiger partial charge on any atom is -0.256 e. The van der Waals surface area contributed by atoms with Gasteiger partial charge in [0, 0.05) is 11.6 Å². The third kappa shape index (κ3) is 2.03. The molecule has 0 bridgehead atoms. The molecule has 0 saturated heterocycles. The fourth-order valence-electron chi connectivity index (χ4n) is 1.10. The first kappa shape index (κ1) is 9.66. The van der Waals surface area contributed by atoms with Gasteiger partial charge in [-0.25, -0.2) is 4.98 Å². The molecule has 0 aliphatic rings. The van der Waals surface area contributed by atoms with E-state index >= 15 is 0 Å². The molecule has 0 unspecified atom stereocenters. The lowest BCUT2D eigenvalue weighted by Crippen LogP contribution is -2.17. The molecular formula is C10H13N3. The van der Waals surface area contributed by atoms with Crippen LogP contribution in [0.15, 0.2) is 6.20 Å². The van der Waals surface area contributed by atoms with E-state index < -0.39 is 0 Å². The highest BCUT2D eigenvalue weighted by Crippen LogP contribution is 2.21. The van der Waals surface area contributed by atoms with E-state index in [1.807, 2.05) is 27.7 Å². The monoisotopic (exact) mass is 175 g/mol. The summed E-state index contributed by atoms with van der Waals surface area (Å²) in [5, 5.41) is 8.85. The fraction of sp³-hybridized carbons (Fsp3) is 0.500. The minimum absolute atomic E-state index is 0.119. The van der Waals surface area contributed by atoms with E-state index in [9.17, 15) is 0 Å². The third-order valence-corrected chi connectivity index (χ3v) is 1.71. The SMILES string of the molecule is Cc1cnc(C(C)(C)C)c(C#N)n1. The summed E-state index contributed by atoms with van der Waals surface area (Å²) in [7, 11) is 0.